The average molecular weight is 339 g/mol. The van der Waals surface area contributed by atoms with Crippen molar-refractivity contribution < 1.29 is 19.0 Å². The normalized spacial score (nSPS) is 10.7. The molecule has 2 aromatic carbocycles. The van der Waals surface area contributed by atoms with Crippen LogP contribution in [-0.4, -0.2) is 31.7 Å². The van der Waals surface area contributed by atoms with Gasteiger partial charge in [-0.3, -0.25) is 4.79 Å². The van der Waals surface area contributed by atoms with Crippen molar-refractivity contribution in [2.75, 3.05) is 21.3 Å². The van der Waals surface area contributed by atoms with E-state index in [-0.39, 0.29) is 5.78 Å². The lowest BCUT2D eigenvalue weighted by Crippen LogP contribution is -2.08. The number of Topliss-reactive ketones (excluding diaryl/α,β-unsaturated/α-hetero) is 1. The number of fused-ring (bicyclic) bond motifs is 1. The van der Waals surface area contributed by atoms with E-state index in [0.717, 1.165) is 16.6 Å². The minimum Gasteiger partial charge on any atom is -0.493 e. The minimum atomic E-state index is -0.00911. The van der Waals surface area contributed by atoms with Crippen LogP contribution < -0.4 is 14.2 Å². The number of aryl methyl sites for hydroxylation is 1. The number of nitrogens with zero attached hydrogens (tertiary/aromatic N) is 1. The summed E-state index contributed by atoms with van der Waals surface area (Å²) in [4.78, 5) is 12.8. The first kappa shape index (κ1) is 16.9. The smallest absolute Gasteiger partial charge is 0.203 e. The lowest BCUT2D eigenvalue weighted by Gasteiger charge is -2.13. The summed E-state index contributed by atoms with van der Waals surface area (Å²) in [5, 5.41) is 1.12. The number of ketones is 1. The Morgan fingerprint density at radius 3 is 2.16 bits per heavy atom. The number of aromatic nitrogens is 1. The molecular formula is C20H21NO4. The number of rotatable bonds is 6. The van der Waals surface area contributed by atoms with E-state index in [2.05, 4.69) is 0 Å². The molecule has 0 unspecified atom stereocenters. The Hall–Kier alpha value is -2.95. The summed E-state index contributed by atoms with van der Waals surface area (Å²) < 4.78 is 18.0. The molecule has 130 valence electrons. The van der Waals surface area contributed by atoms with Crippen molar-refractivity contribution >= 4 is 16.7 Å². The maximum Gasteiger partial charge on any atom is 0.203 e. The van der Waals surface area contributed by atoms with E-state index in [4.69, 9.17) is 14.2 Å². The third kappa shape index (κ3) is 3.05. The molecule has 1 heterocycles. The Morgan fingerprint density at radius 2 is 1.60 bits per heavy atom. The number of hydrogen-bond acceptors (Lipinski definition) is 4. The SMILES string of the molecule is COc1cc(C(=O)Cc2cc3ccccc3n2C)cc(OC)c1OC. The Balaban J connectivity index is 1.96. The molecule has 0 aliphatic carbocycles. The van der Waals surface area contributed by atoms with Crippen LogP contribution in [0, 0.1) is 0 Å². The first-order valence-electron chi connectivity index (χ1n) is 7.95. The van der Waals surface area contributed by atoms with E-state index in [9.17, 15) is 4.79 Å². The number of carbonyl (C=O) groups is 1. The molecule has 0 N–H and O–H groups in total. The molecule has 0 amide bonds. The van der Waals surface area contributed by atoms with Crippen LogP contribution in [0.4, 0.5) is 0 Å². The van der Waals surface area contributed by atoms with Gasteiger partial charge < -0.3 is 18.8 Å². The van der Waals surface area contributed by atoms with Crippen LogP contribution >= 0.6 is 0 Å². The standard InChI is InChI=1S/C20H21NO4/c1-21-15(9-13-7-5-6-8-16(13)21)12-17(22)14-10-18(23-2)20(25-4)19(11-14)24-3/h5-11H,12H2,1-4H3. The lowest BCUT2D eigenvalue weighted by molar-refractivity contribution is 0.0990. The highest BCUT2D eigenvalue weighted by molar-refractivity contribution is 5.99. The van der Waals surface area contributed by atoms with Gasteiger partial charge in [-0.25, -0.2) is 0 Å². The summed E-state index contributed by atoms with van der Waals surface area (Å²) in [6.45, 7) is 0. The molecule has 0 atom stereocenters. The predicted molar refractivity (Wildman–Crippen MR) is 97.1 cm³/mol. The summed E-state index contributed by atoms with van der Waals surface area (Å²) in [5.74, 6) is 1.42. The molecule has 5 nitrogen and oxygen atoms in total. The van der Waals surface area contributed by atoms with Crippen molar-refractivity contribution in [1.29, 1.82) is 0 Å². The fraction of sp³-hybridized carbons (Fsp3) is 0.250. The summed E-state index contributed by atoms with van der Waals surface area (Å²) >= 11 is 0. The molecule has 0 fully saturated rings. The predicted octanol–water partition coefficient (Wildman–Crippen LogP) is 3.63. The highest BCUT2D eigenvalue weighted by Crippen LogP contribution is 2.38. The molecule has 3 rings (SSSR count). The van der Waals surface area contributed by atoms with Crippen molar-refractivity contribution in [3.05, 3.63) is 53.7 Å². The molecule has 0 saturated carbocycles. The minimum absolute atomic E-state index is 0.00911. The van der Waals surface area contributed by atoms with Gasteiger partial charge in [0, 0.05) is 23.8 Å². The van der Waals surface area contributed by atoms with E-state index >= 15 is 0 Å². The first-order valence-corrected chi connectivity index (χ1v) is 7.95. The van der Waals surface area contributed by atoms with Gasteiger partial charge in [0.15, 0.2) is 17.3 Å². The highest BCUT2D eigenvalue weighted by atomic mass is 16.5. The number of methoxy groups -OCH3 is 3. The second-order valence-electron chi connectivity index (χ2n) is 5.77. The third-order valence-corrected chi connectivity index (χ3v) is 4.38. The van der Waals surface area contributed by atoms with Gasteiger partial charge in [-0.05, 0) is 29.7 Å². The van der Waals surface area contributed by atoms with Gasteiger partial charge in [0.25, 0.3) is 0 Å². The Bertz CT molecular complexity index is 902. The van der Waals surface area contributed by atoms with Crippen molar-refractivity contribution in [1.82, 2.24) is 4.57 Å². The van der Waals surface area contributed by atoms with E-state index in [1.165, 1.54) is 21.3 Å². The van der Waals surface area contributed by atoms with Gasteiger partial charge in [-0.15, -0.1) is 0 Å². The van der Waals surface area contributed by atoms with Crippen LogP contribution in [0.1, 0.15) is 16.1 Å². The largest absolute Gasteiger partial charge is 0.493 e. The maximum atomic E-state index is 12.8. The van der Waals surface area contributed by atoms with Gasteiger partial charge in [0.2, 0.25) is 5.75 Å². The summed E-state index contributed by atoms with van der Waals surface area (Å²) in [5.41, 5.74) is 2.59. The number of para-hydroxylation sites is 1. The van der Waals surface area contributed by atoms with Gasteiger partial charge in [0.1, 0.15) is 0 Å². The first-order chi connectivity index (χ1) is 12.1. The average Bonchev–Trinajstić information content (AvgIpc) is 2.96. The Kier molecular flexibility index (Phi) is 4.65. The molecule has 0 saturated heterocycles. The number of benzene rings is 2. The third-order valence-electron chi connectivity index (χ3n) is 4.38. The van der Waals surface area contributed by atoms with Crippen LogP contribution in [0.15, 0.2) is 42.5 Å². The monoisotopic (exact) mass is 339 g/mol. The lowest BCUT2D eigenvalue weighted by atomic mass is 10.0. The van der Waals surface area contributed by atoms with Crippen LogP contribution in [0.3, 0.4) is 0 Å². The topological polar surface area (TPSA) is 49.7 Å². The summed E-state index contributed by atoms with van der Waals surface area (Å²) in [6, 6.07) is 13.5. The molecule has 0 spiro atoms. The molecule has 3 aromatic rings. The molecule has 0 aliphatic rings. The van der Waals surface area contributed by atoms with Crippen molar-refractivity contribution in [3.8, 4) is 17.2 Å². The fourth-order valence-corrected chi connectivity index (χ4v) is 3.02. The fourth-order valence-electron chi connectivity index (χ4n) is 3.02. The second kappa shape index (κ2) is 6.89. The number of hydrogen-bond donors (Lipinski definition) is 0. The van der Waals surface area contributed by atoms with Gasteiger partial charge in [-0.2, -0.15) is 0 Å². The van der Waals surface area contributed by atoms with Crippen LogP contribution in [0.5, 0.6) is 17.2 Å². The van der Waals surface area contributed by atoms with Crippen molar-refractivity contribution in [3.63, 3.8) is 0 Å². The van der Waals surface area contributed by atoms with E-state index in [1.54, 1.807) is 12.1 Å². The van der Waals surface area contributed by atoms with Crippen LogP contribution in [0.25, 0.3) is 10.9 Å². The van der Waals surface area contributed by atoms with Gasteiger partial charge in [-0.1, -0.05) is 18.2 Å². The highest BCUT2D eigenvalue weighted by Gasteiger charge is 2.18. The number of ether oxygens (including phenoxy) is 3. The zero-order valence-corrected chi connectivity index (χ0v) is 14.8. The van der Waals surface area contributed by atoms with Crippen molar-refractivity contribution in [2.45, 2.75) is 6.42 Å². The second-order valence-corrected chi connectivity index (χ2v) is 5.77. The quantitative estimate of drug-likeness (QED) is 0.644. The summed E-state index contributed by atoms with van der Waals surface area (Å²) in [6.07, 6.45) is 0.295. The van der Waals surface area contributed by atoms with Gasteiger partial charge in [0.05, 0.1) is 27.8 Å². The zero-order valence-electron chi connectivity index (χ0n) is 14.8. The van der Waals surface area contributed by atoms with E-state index < -0.39 is 0 Å². The molecular weight excluding hydrogens is 318 g/mol. The Labute approximate surface area is 146 Å². The molecule has 0 aliphatic heterocycles. The van der Waals surface area contributed by atoms with Crippen molar-refractivity contribution in [2.24, 2.45) is 7.05 Å². The zero-order chi connectivity index (χ0) is 18.0. The maximum absolute atomic E-state index is 12.8. The molecule has 0 bridgehead atoms. The van der Waals surface area contributed by atoms with E-state index in [0.29, 0.717) is 29.2 Å². The van der Waals surface area contributed by atoms with Crippen LogP contribution in [0.2, 0.25) is 0 Å². The molecule has 0 radical (unpaired) electrons. The summed E-state index contributed by atoms with van der Waals surface area (Å²) in [7, 11) is 6.59. The van der Waals surface area contributed by atoms with E-state index in [1.807, 2.05) is 41.9 Å². The molecule has 5 heteroatoms. The molecule has 1 aromatic heterocycles. The Morgan fingerprint density at radius 1 is 0.960 bits per heavy atom. The van der Waals surface area contributed by atoms with Gasteiger partial charge >= 0.3 is 0 Å². The number of carbonyl (C=O) groups excluding carboxylic acids is 1. The van der Waals surface area contributed by atoms with Crippen LogP contribution in [-0.2, 0) is 13.5 Å². The molecule has 25 heavy (non-hydrogen) atoms.